The number of para-hydroxylation sites is 2. The van der Waals surface area contributed by atoms with E-state index in [1.165, 1.54) is 0 Å². The van der Waals surface area contributed by atoms with E-state index in [4.69, 9.17) is 14.2 Å². The molecule has 3 rings (SSSR count). The molecule has 1 aromatic rings. The topological polar surface area (TPSA) is 68.3 Å². The van der Waals surface area contributed by atoms with Crippen molar-refractivity contribution in [1.82, 2.24) is 9.80 Å². The van der Waals surface area contributed by atoms with Crippen molar-refractivity contribution in [2.24, 2.45) is 0 Å². The SMILES string of the molecule is CN(C(=O)[C@H]1COc2ccccc2O1)C1CCN(C(=O)OC(C)(C)C)CC1. The van der Waals surface area contributed by atoms with E-state index >= 15 is 0 Å². The fourth-order valence-electron chi connectivity index (χ4n) is 3.31. The number of ether oxygens (including phenoxy) is 3. The van der Waals surface area contributed by atoms with Gasteiger partial charge < -0.3 is 24.0 Å². The van der Waals surface area contributed by atoms with Gasteiger partial charge in [-0.3, -0.25) is 4.79 Å². The summed E-state index contributed by atoms with van der Waals surface area (Å²) in [7, 11) is 1.79. The minimum atomic E-state index is -0.645. The minimum absolute atomic E-state index is 0.0666. The number of benzene rings is 1. The lowest BCUT2D eigenvalue weighted by atomic mass is 10.0. The first-order valence-electron chi connectivity index (χ1n) is 9.37. The third-order valence-electron chi connectivity index (χ3n) is 4.80. The molecule has 0 N–H and O–H groups in total. The molecule has 0 saturated carbocycles. The van der Waals surface area contributed by atoms with E-state index in [-0.39, 0.29) is 24.6 Å². The Kier molecular flexibility index (Phi) is 5.48. The van der Waals surface area contributed by atoms with Gasteiger partial charge in [0.25, 0.3) is 5.91 Å². The second-order valence-corrected chi connectivity index (χ2v) is 8.01. The fraction of sp³-hybridized carbons (Fsp3) is 0.600. The molecule has 1 atom stereocenters. The fourth-order valence-corrected chi connectivity index (χ4v) is 3.31. The maximum absolute atomic E-state index is 12.8. The maximum Gasteiger partial charge on any atom is 0.410 e. The summed E-state index contributed by atoms with van der Waals surface area (Å²) in [6.07, 6.45) is 0.487. The van der Waals surface area contributed by atoms with Gasteiger partial charge >= 0.3 is 6.09 Å². The number of nitrogens with zero attached hydrogens (tertiary/aromatic N) is 2. The number of carbonyl (C=O) groups excluding carboxylic acids is 2. The molecule has 27 heavy (non-hydrogen) atoms. The molecule has 1 saturated heterocycles. The zero-order chi connectivity index (χ0) is 19.6. The van der Waals surface area contributed by atoms with Crippen LogP contribution in [0.15, 0.2) is 24.3 Å². The summed E-state index contributed by atoms with van der Waals surface area (Å²) in [5, 5.41) is 0. The molecule has 148 valence electrons. The number of fused-ring (bicyclic) bond motifs is 1. The predicted octanol–water partition coefficient (Wildman–Crippen LogP) is 2.68. The van der Waals surface area contributed by atoms with E-state index in [1.807, 2.05) is 39.0 Å². The highest BCUT2D eigenvalue weighted by molar-refractivity contribution is 5.82. The van der Waals surface area contributed by atoms with Gasteiger partial charge in [-0.05, 0) is 45.7 Å². The monoisotopic (exact) mass is 376 g/mol. The molecule has 7 nitrogen and oxygen atoms in total. The average Bonchev–Trinajstić information content (AvgIpc) is 2.65. The summed E-state index contributed by atoms with van der Waals surface area (Å²) in [5.41, 5.74) is -0.505. The molecule has 7 heteroatoms. The van der Waals surface area contributed by atoms with Crippen molar-refractivity contribution < 1.29 is 23.8 Å². The normalized spacial score (nSPS) is 20.1. The van der Waals surface area contributed by atoms with Crippen LogP contribution in [-0.4, -0.2) is 66.3 Å². The first-order valence-corrected chi connectivity index (χ1v) is 9.37. The number of hydrogen-bond donors (Lipinski definition) is 0. The van der Waals surface area contributed by atoms with E-state index in [1.54, 1.807) is 22.9 Å². The Labute approximate surface area is 160 Å². The minimum Gasteiger partial charge on any atom is -0.485 e. The van der Waals surface area contributed by atoms with Gasteiger partial charge in [-0.2, -0.15) is 0 Å². The molecule has 0 spiro atoms. The van der Waals surface area contributed by atoms with Crippen LogP contribution in [-0.2, 0) is 9.53 Å². The predicted molar refractivity (Wildman–Crippen MR) is 100.0 cm³/mol. The molecule has 0 aromatic heterocycles. The molecule has 2 amide bonds. The van der Waals surface area contributed by atoms with E-state index in [2.05, 4.69) is 0 Å². The second-order valence-electron chi connectivity index (χ2n) is 8.01. The zero-order valence-corrected chi connectivity index (χ0v) is 16.4. The van der Waals surface area contributed by atoms with Crippen LogP contribution in [0.25, 0.3) is 0 Å². The smallest absolute Gasteiger partial charge is 0.410 e. The van der Waals surface area contributed by atoms with E-state index < -0.39 is 11.7 Å². The van der Waals surface area contributed by atoms with Gasteiger partial charge in [0, 0.05) is 26.2 Å². The van der Waals surface area contributed by atoms with Crippen LogP contribution in [0, 0.1) is 0 Å². The van der Waals surface area contributed by atoms with Crippen LogP contribution in [0.4, 0.5) is 4.79 Å². The number of carbonyl (C=O) groups is 2. The maximum atomic E-state index is 12.8. The Balaban J connectivity index is 1.53. The molecule has 2 heterocycles. The van der Waals surface area contributed by atoms with Gasteiger partial charge in [-0.25, -0.2) is 4.79 Å². The highest BCUT2D eigenvalue weighted by atomic mass is 16.6. The van der Waals surface area contributed by atoms with Crippen molar-refractivity contribution in [1.29, 1.82) is 0 Å². The third-order valence-corrected chi connectivity index (χ3v) is 4.80. The number of amides is 2. The molecule has 1 fully saturated rings. The van der Waals surface area contributed by atoms with Crippen LogP contribution in [0.3, 0.4) is 0 Å². The van der Waals surface area contributed by atoms with Crippen LogP contribution in [0.2, 0.25) is 0 Å². The molecule has 1 aromatic carbocycles. The van der Waals surface area contributed by atoms with Gasteiger partial charge in [0.1, 0.15) is 12.2 Å². The van der Waals surface area contributed by atoms with Crippen molar-refractivity contribution in [3.63, 3.8) is 0 Å². The summed E-state index contributed by atoms with van der Waals surface area (Å²) in [4.78, 5) is 28.4. The molecular formula is C20H28N2O5. The number of hydrogen-bond acceptors (Lipinski definition) is 5. The summed E-state index contributed by atoms with van der Waals surface area (Å²) in [5.74, 6) is 1.16. The zero-order valence-electron chi connectivity index (χ0n) is 16.4. The third kappa shape index (κ3) is 4.64. The van der Waals surface area contributed by atoms with Crippen LogP contribution in [0.5, 0.6) is 11.5 Å². The van der Waals surface area contributed by atoms with Gasteiger partial charge in [-0.15, -0.1) is 0 Å². The lowest BCUT2D eigenvalue weighted by Crippen LogP contribution is -2.52. The van der Waals surface area contributed by atoms with Crippen molar-refractivity contribution in [2.45, 2.75) is 51.4 Å². The van der Waals surface area contributed by atoms with Gasteiger partial charge in [0.05, 0.1) is 0 Å². The molecule has 0 bridgehead atoms. The Morgan fingerprint density at radius 1 is 1.15 bits per heavy atom. The lowest BCUT2D eigenvalue weighted by molar-refractivity contribution is -0.142. The first-order chi connectivity index (χ1) is 12.7. The lowest BCUT2D eigenvalue weighted by Gasteiger charge is -2.38. The second kappa shape index (κ2) is 7.66. The van der Waals surface area contributed by atoms with Gasteiger partial charge in [-0.1, -0.05) is 12.1 Å². The molecule has 0 aliphatic carbocycles. The van der Waals surface area contributed by atoms with Crippen molar-refractivity contribution in [3.05, 3.63) is 24.3 Å². The van der Waals surface area contributed by atoms with Crippen molar-refractivity contribution in [3.8, 4) is 11.5 Å². The summed E-state index contributed by atoms with van der Waals surface area (Å²) in [6, 6.07) is 7.41. The highest BCUT2D eigenvalue weighted by Crippen LogP contribution is 2.31. The van der Waals surface area contributed by atoms with E-state index in [0.717, 1.165) is 0 Å². The average molecular weight is 376 g/mol. The summed E-state index contributed by atoms with van der Waals surface area (Å²) < 4.78 is 16.9. The molecule has 0 radical (unpaired) electrons. The van der Waals surface area contributed by atoms with E-state index in [0.29, 0.717) is 37.4 Å². The first kappa shape index (κ1) is 19.3. The largest absolute Gasteiger partial charge is 0.485 e. The Bertz CT molecular complexity index is 692. The number of rotatable bonds is 2. The molecule has 2 aliphatic rings. The molecule has 0 unspecified atom stereocenters. The Hall–Kier alpha value is -2.44. The van der Waals surface area contributed by atoms with Crippen LogP contribution < -0.4 is 9.47 Å². The molecule has 2 aliphatic heterocycles. The number of likely N-dealkylation sites (tertiary alicyclic amines) is 1. The summed E-state index contributed by atoms with van der Waals surface area (Å²) in [6.45, 7) is 6.92. The van der Waals surface area contributed by atoms with E-state index in [9.17, 15) is 9.59 Å². The van der Waals surface area contributed by atoms with Crippen molar-refractivity contribution >= 4 is 12.0 Å². The van der Waals surface area contributed by atoms with Gasteiger partial charge in [0.2, 0.25) is 6.10 Å². The highest BCUT2D eigenvalue weighted by Gasteiger charge is 2.35. The molecular weight excluding hydrogens is 348 g/mol. The number of piperidine rings is 1. The summed E-state index contributed by atoms with van der Waals surface area (Å²) >= 11 is 0. The Morgan fingerprint density at radius 2 is 1.78 bits per heavy atom. The van der Waals surface area contributed by atoms with Gasteiger partial charge in [0.15, 0.2) is 11.5 Å². The van der Waals surface area contributed by atoms with Crippen LogP contribution in [0.1, 0.15) is 33.6 Å². The quantitative estimate of drug-likeness (QED) is 0.794. The Morgan fingerprint density at radius 3 is 2.41 bits per heavy atom. The van der Waals surface area contributed by atoms with Crippen LogP contribution >= 0.6 is 0 Å². The number of likely N-dealkylation sites (N-methyl/N-ethyl adjacent to an activating group) is 1. The van der Waals surface area contributed by atoms with Crippen molar-refractivity contribution in [2.75, 3.05) is 26.7 Å². The standard InChI is InChI=1S/C20H28N2O5/c1-20(2,3)27-19(24)22-11-9-14(10-12-22)21(4)18(23)17-13-25-15-7-5-6-8-16(15)26-17/h5-8,14,17H,9-13H2,1-4H3/t17-/m1/s1.